The summed E-state index contributed by atoms with van der Waals surface area (Å²) in [5.41, 5.74) is 5.16. The van der Waals surface area contributed by atoms with Gasteiger partial charge in [-0.05, 0) is 32.2 Å². The smallest absolute Gasteiger partial charge is 0.237 e. The Labute approximate surface area is 107 Å². The minimum atomic E-state index is -0.285. The van der Waals surface area contributed by atoms with E-state index in [0.29, 0.717) is 6.54 Å². The van der Waals surface area contributed by atoms with Gasteiger partial charge in [0.1, 0.15) is 0 Å². The van der Waals surface area contributed by atoms with E-state index in [4.69, 9.17) is 5.73 Å². The molecule has 2 fully saturated rings. The number of nitrogens with zero attached hydrogens (tertiary/aromatic N) is 1. The molecule has 6 nitrogen and oxygen atoms in total. The molecular weight excluding hydrogens is 232 g/mol. The van der Waals surface area contributed by atoms with Crippen LogP contribution in [0.25, 0.3) is 0 Å². The van der Waals surface area contributed by atoms with Crippen LogP contribution in [0.15, 0.2) is 0 Å². The first kappa shape index (κ1) is 13.3. The quantitative estimate of drug-likeness (QED) is 0.588. The Bertz CT molecular complexity index is 307. The maximum atomic E-state index is 11.9. The highest BCUT2D eigenvalue weighted by molar-refractivity contribution is 5.82. The average Bonchev–Trinajstić information content (AvgIpc) is 2.84. The fourth-order valence-electron chi connectivity index (χ4n) is 2.67. The Hall–Kier alpha value is -1.14. The molecule has 0 aromatic heterocycles. The van der Waals surface area contributed by atoms with Gasteiger partial charge in [-0.3, -0.25) is 14.5 Å². The van der Waals surface area contributed by atoms with E-state index in [-0.39, 0.29) is 23.9 Å². The zero-order valence-corrected chi connectivity index (χ0v) is 10.7. The van der Waals surface area contributed by atoms with Gasteiger partial charge in [0.05, 0.1) is 12.6 Å². The van der Waals surface area contributed by atoms with Crippen molar-refractivity contribution < 1.29 is 9.59 Å². The normalized spacial score (nSPS) is 26.1. The second-order valence-corrected chi connectivity index (χ2v) is 5.17. The second kappa shape index (κ2) is 6.15. The molecule has 18 heavy (non-hydrogen) atoms. The molecule has 4 N–H and O–H groups in total. The number of likely N-dealkylation sites (tertiary alicyclic amines) is 1. The lowest BCUT2D eigenvalue weighted by atomic mass is 10.0. The van der Waals surface area contributed by atoms with Crippen molar-refractivity contribution in [3.05, 3.63) is 0 Å². The molecule has 2 aliphatic heterocycles. The molecule has 2 rings (SSSR count). The first-order valence-corrected chi connectivity index (χ1v) is 6.69. The molecule has 0 spiro atoms. The molecule has 2 amide bonds. The van der Waals surface area contributed by atoms with Crippen molar-refractivity contribution in [1.82, 2.24) is 15.5 Å². The van der Waals surface area contributed by atoms with Crippen LogP contribution in [0.5, 0.6) is 0 Å². The zero-order valence-electron chi connectivity index (χ0n) is 10.7. The van der Waals surface area contributed by atoms with Crippen molar-refractivity contribution in [2.24, 2.45) is 5.73 Å². The number of amides is 2. The van der Waals surface area contributed by atoms with Crippen LogP contribution >= 0.6 is 0 Å². The molecule has 2 aliphatic rings. The summed E-state index contributed by atoms with van der Waals surface area (Å²) in [6.07, 6.45) is 3.80. The molecule has 0 saturated carbocycles. The average molecular weight is 254 g/mol. The summed E-state index contributed by atoms with van der Waals surface area (Å²) in [4.78, 5) is 24.8. The van der Waals surface area contributed by atoms with Gasteiger partial charge in [-0.15, -0.1) is 0 Å². The van der Waals surface area contributed by atoms with Gasteiger partial charge in [0.2, 0.25) is 11.8 Å². The predicted octanol–water partition coefficient (Wildman–Crippen LogP) is -1.20. The third-order valence-electron chi connectivity index (χ3n) is 3.69. The molecule has 2 heterocycles. The number of rotatable bonds is 4. The number of carbonyl (C=O) groups excluding carboxylic acids is 2. The van der Waals surface area contributed by atoms with Crippen molar-refractivity contribution in [1.29, 1.82) is 0 Å². The second-order valence-electron chi connectivity index (χ2n) is 5.17. The monoisotopic (exact) mass is 254 g/mol. The van der Waals surface area contributed by atoms with E-state index in [9.17, 15) is 9.59 Å². The van der Waals surface area contributed by atoms with Gasteiger partial charge in [-0.25, -0.2) is 0 Å². The maximum Gasteiger partial charge on any atom is 0.237 e. The van der Waals surface area contributed by atoms with Crippen molar-refractivity contribution >= 4 is 11.8 Å². The van der Waals surface area contributed by atoms with Gasteiger partial charge >= 0.3 is 0 Å². The van der Waals surface area contributed by atoms with Crippen LogP contribution in [0.1, 0.15) is 25.7 Å². The van der Waals surface area contributed by atoms with E-state index >= 15 is 0 Å². The van der Waals surface area contributed by atoms with Gasteiger partial charge < -0.3 is 16.4 Å². The Morgan fingerprint density at radius 2 is 2.00 bits per heavy atom. The fourth-order valence-corrected chi connectivity index (χ4v) is 2.67. The highest BCUT2D eigenvalue weighted by Crippen LogP contribution is 2.11. The Balaban J connectivity index is 1.69. The van der Waals surface area contributed by atoms with E-state index in [1.807, 2.05) is 4.90 Å². The molecular formula is C12H22N4O2. The highest BCUT2D eigenvalue weighted by atomic mass is 16.2. The Kier molecular flexibility index (Phi) is 4.54. The summed E-state index contributed by atoms with van der Waals surface area (Å²) < 4.78 is 0. The molecule has 0 aromatic rings. The Morgan fingerprint density at radius 1 is 1.28 bits per heavy atom. The van der Waals surface area contributed by atoms with Crippen molar-refractivity contribution in [2.45, 2.75) is 37.8 Å². The van der Waals surface area contributed by atoms with Crippen LogP contribution in [-0.4, -0.2) is 55.0 Å². The summed E-state index contributed by atoms with van der Waals surface area (Å²) in [6, 6.07) is 0.234. The molecule has 0 aromatic carbocycles. The van der Waals surface area contributed by atoms with E-state index in [1.54, 1.807) is 0 Å². The molecule has 6 heteroatoms. The lowest BCUT2D eigenvalue weighted by Crippen LogP contribution is -2.50. The van der Waals surface area contributed by atoms with Gasteiger partial charge in [0, 0.05) is 19.1 Å². The van der Waals surface area contributed by atoms with Gasteiger partial charge in [-0.2, -0.15) is 0 Å². The summed E-state index contributed by atoms with van der Waals surface area (Å²) in [5, 5.41) is 6.29. The molecule has 2 saturated heterocycles. The lowest BCUT2D eigenvalue weighted by Gasteiger charge is -2.32. The third-order valence-corrected chi connectivity index (χ3v) is 3.69. The molecule has 1 atom stereocenters. The van der Waals surface area contributed by atoms with Gasteiger partial charge in [0.25, 0.3) is 0 Å². The van der Waals surface area contributed by atoms with Crippen LogP contribution in [-0.2, 0) is 9.59 Å². The molecule has 0 radical (unpaired) electrons. The first-order valence-electron chi connectivity index (χ1n) is 6.69. The minimum Gasteiger partial charge on any atom is -0.369 e. The number of nitrogens with two attached hydrogens (primary N) is 1. The SMILES string of the molecule is NC(=O)CN1CCC(NC(=O)[C@H]2CCCN2)CC1. The number of hydrogen-bond donors (Lipinski definition) is 3. The largest absolute Gasteiger partial charge is 0.369 e. The zero-order chi connectivity index (χ0) is 13.0. The third kappa shape index (κ3) is 3.68. The summed E-state index contributed by atoms with van der Waals surface area (Å²) in [6.45, 7) is 2.91. The predicted molar refractivity (Wildman–Crippen MR) is 67.8 cm³/mol. The van der Waals surface area contributed by atoms with Crippen LogP contribution < -0.4 is 16.4 Å². The van der Waals surface area contributed by atoms with Crippen LogP contribution in [0.3, 0.4) is 0 Å². The molecule has 102 valence electrons. The number of carbonyl (C=O) groups is 2. The van der Waals surface area contributed by atoms with E-state index in [0.717, 1.165) is 45.3 Å². The van der Waals surface area contributed by atoms with Gasteiger partial charge in [0.15, 0.2) is 0 Å². The number of nitrogens with one attached hydrogen (secondary N) is 2. The summed E-state index contributed by atoms with van der Waals surface area (Å²) in [5.74, 6) is -0.159. The summed E-state index contributed by atoms with van der Waals surface area (Å²) >= 11 is 0. The number of piperidine rings is 1. The number of primary amides is 1. The fraction of sp³-hybridized carbons (Fsp3) is 0.833. The first-order chi connectivity index (χ1) is 8.65. The molecule has 0 bridgehead atoms. The number of hydrogen-bond acceptors (Lipinski definition) is 4. The maximum absolute atomic E-state index is 11.9. The standard InChI is InChI=1S/C12H22N4O2/c13-11(17)8-16-6-3-9(4-7-16)15-12(18)10-2-1-5-14-10/h9-10,14H,1-8H2,(H2,13,17)(H,15,18)/t10-/m1/s1. The van der Waals surface area contributed by atoms with Crippen molar-refractivity contribution in [3.63, 3.8) is 0 Å². The lowest BCUT2D eigenvalue weighted by molar-refractivity contribution is -0.124. The minimum absolute atomic E-state index is 0.00588. The van der Waals surface area contributed by atoms with Crippen LogP contribution in [0.2, 0.25) is 0 Å². The topological polar surface area (TPSA) is 87.5 Å². The molecule has 0 unspecified atom stereocenters. The van der Waals surface area contributed by atoms with Crippen molar-refractivity contribution in [2.75, 3.05) is 26.2 Å². The summed E-state index contributed by atoms with van der Waals surface area (Å²) in [7, 11) is 0. The van der Waals surface area contributed by atoms with E-state index in [2.05, 4.69) is 10.6 Å². The van der Waals surface area contributed by atoms with Crippen LogP contribution in [0, 0.1) is 0 Å². The highest BCUT2D eigenvalue weighted by Gasteiger charge is 2.26. The van der Waals surface area contributed by atoms with Crippen molar-refractivity contribution in [3.8, 4) is 0 Å². The van der Waals surface area contributed by atoms with Gasteiger partial charge in [-0.1, -0.05) is 0 Å². The molecule has 0 aliphatic carbocycles. The van der Waals surface area contributed by atoms with Crippen LogP contribution in [0.4, 0.5) is 0 Å². The Morgan fingerprint density at radius 3 is 2.56 bits per heavy atom. The van der Waals surface area contributed by atoms with E-state index < -0.39 is 0 Å². The van der Waals surface area contributed by atoms with E-state index in [1.165, 1.54) is 0 Å².